The lowest BCUT2D eigenvalue weighted by molar-refractivity contribution is -0.139. The number of thioether (sulfide) groups is 1. The van der Waals surface area contributed by atoms with Crippen LogP contribution in [-0.4, -0.2) is 46.2 Å². The molecule has 1 aliphatic rings. The van der Waals surface area contributed by atoms with Gasteiger partial charge in [0.25, 0.3) is 11.1 Å². The molecule has 31 heavy (non-hydrogen) atoms. The first-order chi connectivity index (χ1) is 14.7. The van der Waals surface area contributed by atoms with E-state index in [1.54, 1.807) is 42.5 Å². The summed E-state index contributed by atoms with van der Waals surface area (Å²) < 4.78 is 5.90. The van der Waals surface area contributed by atoms with Crippen molar-refractivity contribution >= 4 is 74.1 Å². The number of nitrogens with one attached hydrogen (secondary N) is 1. The number of imide groups is 1. The second-order valence-corrected chi connectivity index (χ2v) is 8.48. The van der Waals surface area contributed by atoms with Crippen molar-refractivity contribution < 1.29 is 29.0 Å². The van der Waals surface area contributed by atoms with Crippen LogP contribution in [0.1, 0.15) is 5.56 Å². The normalized spacial score (nSPS) is 14.8. The number of hydrogen-bond donors (Lipinski definition) is 2. The van der Waals surface area contributed by atoms with E-state index in [9.17, 15) is 19.2 Å². The Morgan fingerprint density at radius 3 is 2.68 bits per heavy atom. The Bertz CT molecular complexity index is 1110. The summed E-state index contributed by atoms with van der Waals surface area (Å²) in [5.74, 6) is -2.15. The Hall–Kier alpha value is -2.82. The quantitative estimate of drug-likeness (QED) is 0.520. The highest BCUT2D eigenvalue weighted by Gasteiger charge is 2.36. The fraction of sp³-hybridized carbons (Fsp3) is 0.100. The second-order valence-electron chi connectivity index (χ2n) is 6.16. The van der Waals surface area contributed by atoms with Crippen LogP contribution in [0.25, 0.3) is 6.08 Å². The molecule has 160 valence electrons. The van der Waals surface area contributed by atoms with Crippen molar-refractivity contribution in [1.82, 2.24) is 4.90 Å². The molecule has 11 heteroatoms. The van der Waals surface area contributed by atoms with E-state index in [0.717, 1.165) is 4.90 Å². The molecular formula is C20H14BrClN2O6S. The summed E-state index contributed by atoms with van der Waals surface area (Å²) in [5.41, 5.74) is 0.771. The molecule has 1 aliphatic heterocycles. The molecule has 0 unspecified atom stereocenters. The average Bonchev–Trinajstić information content (AvgIpc) is 2.96. The first-order valence-corrected chi connectivity index (χ1v) is 10.7. The topological polar surface area (TPSA) is 113 Å². The third-order valence-corrected chi connectivity index (χ3v) is 5.66. The molecule has 0 atom stereocenters. The van der Waals surface area contributed by atoms with Crippen LogP contribution in [0, 0.1) is 0 Å². The average molecular weight is 526 g/mol. The monoisotopic (exact) mass is 524 g/mol. The van der Waals surface area contributed by atoms with Gasteiger partial charge in [0.05, 0.1) is 15.6 Å². The number of ether oxygens (including phenoxy) is 1. The van der Waals surface area contributed by atoms with Crippen LogP contribution in [0.4, 0.5) is 10.5 Å². The molecule has 2 N–H and O–H groups in total. The zero-order valence-electron chi connectivity index (χ0n) is 15.6. The van der Waals surface area contributed by atoms with Gasteiger partial charge in [0, 0.05) is 10.0 Å². The van der Waals surface area contributed by atoms with Crippen LogP contribution in [0.2, 0.25) is 5.02 Å². The van der Waals surface area contributed by atoms with Crippen LogP contribution in [0.3, 0.4) is 0 Å². The zero-order chi connectivity index (χ0) is 22.5. The van der Waals surface area contributed by atoms with Crippen LogP contribution in [0.15, 0.2) is 51.8 Å². The smallest absolute Gasteiger partial charge is 0.341 e. The van der Waals surface area contributed by atoms with E-state index < -0.39 is 36.2 Å². The van der Waals surface area contributed by atoms with E-state index in [0.29, 0.717) is 32.5 Å². The number of para-hydroxylation sites is 1. The zero-order valence-corrected chi connectivity index (χ0v) is 18.8. The lowest BCUT2D eigenvalue weighted by atomic mass is 10.2. The number of rotatable bonds is 7. The highest BCUT2D eigenvalue weighted by Crippen LogP contribution is 2.35. The number of carboxylic acids is 1. The van der Waals surface area contributed by atoms with Gasteiger partial charge in [-0.2, -0.15) is 0 Å². The Labute approximate surface area is 194 Å². The Morgan fingerprint density at radius 2 is 1.97 bits per heavy atom. The number of benzene rings is 2. The molecule has 0 spiro atoms. The first kappa shape index (κ1) is 22.9. The molecule has 3 rings (SSSR count). The summed E-state index contributed by atoms with van der Waals surface area (Å²) in [5, 5.41) is 11.1. The predicted octanol–water partition coefficient (Wildman–Crippen LogP) is 4.24. The molecule has 0 aliphatic carbocycles. The van der Waals surface area contributed by atoms with E-state index >= 15 is 0 Å². The molecule has 2 aromatic carbocycles. The van der Waals surface area contributed by atoms with Gasteiger partial charge >= 0.3 is 5.97 Å². The maximum atomic E-state index is 12.7. The summed E-state index contributed by atoms with van der Waals surface area (Å²) in [6.07, 6.45) is 1.42. The molecule has 0 bridgehead atoms. The number of amides is 3. The Morgan fingerprint density at radius 1 is 1.23 bits per heavy atom. The summed E-state index contributed by atoms with van der Waals surface area (Å²) in [6, 6.07) is 11.4. The largest absolute Gasteiger partial charge is 0.481 e. The SMILES string of the molecule is O=C(O)COc1ccc(Br)cc1/C=C1/SC(=O)N(CC(=O)Nc2ccccc2Cl)C1=O. The van der Waals surface area contributed by atoms with E-state index in [1.165, 1.54) is 6.08 Å². The maximum absolute atomic E-state index is 12.7. The van der Waals surface area contributed by atoms with Crippen LogP contribution < -0.4 is 10.1 Å². The van der Waals surface area contributed by atoms with E-state index in [4.69, 9.17) is 21.4 Å². The molecule has 1 fully saturated rings. The second kappa shape index (κ2) is 9.99. The highest BCUT2D eigenvalue weighted by molar-refractivity contribution is 9.10. The fourth-order valence-corrected chi connectivity index (χ4v) is 3.97. The number of halogens is 2. The minimum Gasteiger partial charge on any atom is -0.481 e. The van der Waals surface area contributed by atoms with Crippen molar-refractivity contribution in [1.29, 1.82) is 0 Å². The number of carboxylic acid groups (broad SMARTS) is 1. The number of hydrogen-bond acceptors (Lipinski definition) is 6. The van der Waals surface area contributed by atoms with Gasteiger partial charge < -0.3 is 15.2 Å². The third-order valence-electron chi connectivity index (χ3n) is 3.93. The number of carbonyl (C=O) groups is 4. The van der Waals surface area contributed by atoms with Crippen molar-refractivity contribution in [3.63, 3.8) is 0 Å². The lowest BCUT2D eigenvalue weighted by Crippen LogP contribution is -2.36. The summed E-state index contributed by atoms with van der Waals surface area (Å²) in [4.78, 5) is 49.0. The highest BCUT2D eigenvalue weighted by atomic mass is 79.9. The van der Waals surface area contributed by atoms with Gasteiger partial charge in [0.1, 0.15) is 12.3 Å². The van der Waals surface area contributed by atoms with Crippen LogP contribution >= 0.6 is 39.3 Å². The third kappa shape index (κ3) is 5.87. The predicted molar refractivity (Wildman–Crippen MR) is 120 cm³/mol. The molecule has 3 amide bonds. The van der Waals surface area contributed by atoms with Gasteiger partial charge in [-0.25, -0.2) is 4.79 Å². The van der Waals surface area contributed by atoms with Gasteiger partial charge in [0.2, 0.25) is 5.91 Å². The van der Waals surface area contributed by atoms with Gasteiger partial charge in [0.15, 0.2) is 6.61 Å². The Kier molecular flexibility index (Phi) is 7.37. The van der Waals surface area contributed by atoms with Gasteiger partial charge in [-0.3, -0.25) is 19.3 Å². The lowest BCUT2D eigenvalue weighted by Gasteiger charge is -2.13. The maximum Gasteiger partial charge on any atom is 0.341 e. The molecule has 1 saturated heterocycles. The Balaban J connectivity index is 1.76. The molecular weight excluding hydrogens is 512 g/mol. The number of anilines is 1. The van der Waals surface area contributed by atoms with Crippen molar-refractivity contribution in [2.24, 2.45) is 0 Å². The van der Waals surface area contributed by atoms with Gasteiger partial charge in [-0.05, 0) is 48.2 Å². The molecule has 0 saturated carbocycles. The number of carbonyl (C=O) groups excluding carboxylic acids is 3. The summed E-state index contributed by atoms with van der Waals surface area (Å²) in [7, 11) is 0. The number of nitrogens with zero attached hydrogens (tertiary/aromatic N) is 1. The first-order valence-electron chi connectivity index (χ1n) is 8.68. The molecule has 2 aromatic rings. The fourth-order valence-electron chi connectivity index (χ4n) is 2.58. The minimum atomic E-state index is -1.15. The van der Waals surface area contributed by atoms with Crippen molar-refractivity contribution in [3.8, 4) is 5.75 Å². The van der Waals surface area contributed by atoms with E-state index in [-0.39, 0.29) is 10.7 Å². The molecule has 8 nitrogen and oxygen atoms in total. The van der Waals surface area contributed by atoms with E-state index in [1.807, 2.05) is 0 Å². The van der Waals surface area contributed by atoms with Crippen molar-refractivity contribution in [3.05, 3.63) is 62.4 Å². The minimum absolute atomic E-state index is 0.0776. The molecule has 0 radical (unpaired) electrons. The van der Waals surface area contributed by atoms with Gasteiger partial charge in [-0.15, -0.1) is 0 Å². The van der Waals surface area contributed by atoms with Crippen LogP contribution in [0.5, 0.6) is 5.75 Å². The van der Waals surface area contributed by atoms with Crippen LogP contribution in [-0.2, 0) is 14.4 Å². The summed E-state index contributed by atoms with van der Waals surface area (Å²) >= 11 is 9.97. The summed E-state index contributed by atoms with van der Waals surface area (Å²) in [6.45, 7) is -1.04. The molecule has 0 aromatic heterocycles. The number of aliphatic carboxylic acids is 1. The van der Waals surface area contributed by atoms with Crippen molar-refractivity contribution in [2.75, 3.05) is 18.5 Å². The standard InChI is InChI=1S/C20H14BrClN2O6S/c21-12-5-6-15(30-10-18(26)27)11(7-12)8-16-19(28)24(20(29)31-16)9-17(25)23-14-4-2-1-3-13(14)22/h1-8H,9-10H2,(H,23,25)(H,26,27)/b16-8+. The van der Waals surface area contributed by atoms with Crippen molar-refractivity contribution in [2.45, 2.75) is 0 Å². The van der Waals surface area contributed by atoms with E-state index in [2.05, 4.69) is 21.2 Å². The molecule has 1 heterocycles. The van der Waals surface area contributed by atoms with Gasteiger partial charge in [-0.1, -0.05) is 39.7 Å².